The van der Waals surface area contributed by atoms with Gasteiger partial charge in [-0.25, -0.2) is 4.39 Å². The van der Waals surface area contributed by atoms with Crippen LogP contribution in [0.1, 0.15) is 22.3 Å². The maximum Gasteiger partial charge on any atom is 0.258 e. The lowest BCUT2D eigenvalue weighted by Crippen LogP contribution is -2.55. The van der Waals surface area contributed by atoms with Crippen molar-refractivity contribution in [3.05, 3.63) is 77.6 Å². The molecule has 3 aliphatic rings. The molecule has 1 fully saturated rings. The van der Waals surface area contributed by atoms with Gasteiger partial charge in [-0.3, -0.25) is 9.59 Å². The smallest absolute Gasteiger partial charge is 0.258 e. The molecule has 0 radical (unpaired) electrons. The van der Waals surface area contributed by atoms with Crippen molar-refractivity contribution in [2.45, 2.75) is 25.1 Å². The summed E-state index contributed by atoms with van der Waals surface area (Å²) in [5, 5.41) is 9.06. The molecule has 3 N–H and O–H groups in total. The number of methoxy groups -OCH3 is 1. The van der Waals surface area contributed by atoms with Crippen LogP contribution in [0.4, 0.5) is 4.39 Å². The fourth-order valence-electron chi connectivity index (χ4n) is 4.52. The Bertz CT molecular complexity index is 1310. The monoisotopic (exact) mass is 505 g/mol. The molecule has 0 saturated carbocycles. The molecule has 37 heavy (non-hydrogen) atoms. The number of fused-ring (bicyclic) bond motifs is 7. The summed E-state index contributed by atoms with van der Waals surface area (Å²) in [6.07, 6.45) is 0.326. The van der Waals surface area contributed by atoms with Crippen LogP contribution in [0.25, 0.3) is 11.1 Å². The molecule has 9 heteroatoms. The van der Waals surface area contributed by atoms with Crippen molar-refractivity contribution in [2.75, 3.05) is 26.8 Å². The van der Waals surface area contributed by atoms with E-state index in [1.165, 1.54) is 12.1 Å². The third-order valence-corrected chi connectivity index (χ3v) is 6.51. The van der Waals surface area contributed by atoms with Crippen LogP contribution < -0.4 is 30.2 Å². The number of ether oxygens (including phenoxy) is 3. The first-order valence-electron chi connectivity index (χ1n) is 12.1. The highest BCUT2D eigenvalue weighted by molar-refractivity contribution is 5.96. The number of carbonyl (C=O) groups is 2. The molecule has 3 aromatic carbocycles. The molecule has 6 rings (SSSR count). The van der Waals surface area contributed by atoms with E-state index < -0.39 is 11.7 Å². The predicted octanol–water partition coefficient (Wildman–Crippen LogP) is 3.05. The second-order valence-corrected chi connectivity index (χ2v) is 8.99. The molecule has 2 amide bonds. The zero-order valence-corrected chi connectivity index (χ0v) is 20.4. The second-order valence-electron chi connectivity index (χ2n) is 8.99. The average molecular weight is 506 g/mol. The molecule has 8 nitrogen and oxygen atoms in total. The first-order valence-corrected chi connectivity index (χ1v) is 12.1. The lowest BCUT2D eigenvalue weighted by atomic mass is 10.0. The number of nitrogens with one attached hydrogen (secondary N) is 3. The summed E-state index contributed by atoms with van der Waals surface area (Å²) in [4.78, 5) is 25.6. The lowest BCUT2D eigenvalue weighted by Gasteiger charge is -2.33. The fourth-order valence-corrected chi connectivity index (χ4v) is 4.52. The van der Waals surface area contributed by atoms with Crippen LogP contribution >= 0.6 is 0 Å². The van der Waals surface area contributed by atoms with Gasteiger partial charge in [0.05, 0.1) is 18.7 Å². The molecule has 2 atom stereocenters. The van der Waals surface area contributed by atoms with Crippen molar-refractivity contribution in [3.8, 4) is 28.4 Å². The summed E-state index contributed by atoms with van der Waals surface area (Å²) in [7, 11) is 1.55. The quantitative estimate of drug-likeness (QED) is 0.471. The number of carbonyl (C=O) groups excluding carboxylic acids is 2. The Morgan fingerprint density at radius 1 is 1.00 bits per heavy atom. The number of piperidine rings is 1. The van der Waals surface area contributed by atoms with E-state index in [0.717, 1.165) is 17.7 Å². The molecule has 3 aliphatic heterocycles. The van der Waals surface area contributed by atoms with Crippen LogP contribution in [-0.2, 0) is 11.3 Å². The molecule has 0 aliphatic carbocycles. The highest BCUT2D eigenvalue weighted by atomic mass is 19.1. The average Bonchev–Trinajstić information content (AvgIpc) is 2.92. The van der Waals surface area contributed by atoms with Gasteiger partial charge in [0, 0.05) is 24.7 Å². The van der Waals surface area contributed by atoms with Crippen molar-refractivity contribution >= 4 is 11.8 Å². The van der Waals surface area contributed by atoms with Gasteiger partial charge >= 0.3 is 0 Å². The SMILES string of the molecule is COc1cc2ccc1CNC(=O)COc1cccc(c1)-c1ccc(F)c(c1)C(=O)N[C@@H]1CNCC[C@@H]1O2. The predicted molar refractivity (Wildman–Crippen MR) is 135 cm³/mol. The molecule has 6 bridgehead atoms. The van der Waals surface area contributed by atoms with Crippen LogP contribution in [0.5, 0.6) is 17.2 Å². The van der Waals surface area contributed by atoms with E-state index in [2.05, 4.69) is 16.0 Å². The Balaban J connectivity index is 1.51. The number of hydrogen-bond donors (Lipinski definition) is 3. The minimum atomic E-state index is -0.617. The van der Waals surface area contributed by atoms with Crippen molar-refractivity contribution in [3.63, 3.8) is 0 Å². The van der Waals surface area contributed by atoms with Crippen molar-refractivity contribution < 1.29 is 28.2 Å². The molecule has 0 unspecified atom stereocenters. The van der Waals surface area contributed by atoms with Gasteiger partial charge in [-0.15, -0.1) is 0 Å². The molecule has 0 spiro atoms. The topological polar surface area (TPSA) is 97.9 Å². The maximum absolute atomic E-state index is 14.8. The summed E-state index contributed by atoms with van der Waals surface area (Å²) in [6, 6.07) is 16.5. The summed E-state index contributed by atoms with van der Waals surface area (Å²) >= 11 is 0. The van der Waals surface area contributed by atoms with E-state index in [-0.39, 0.29) is 36.8 Å². The van der Waals surface area contributed by atoms with E-state index in [9.17, 15) is 14.0 Å². The Hall–Kier alpha value is -4.11. The number of halogens is 1. The van der Waals surface area contributed by atoms with Crippen LogP contribution in [0.15, 0.2) is 60.7 Å². The van der Waals surface area contributed by atoms with Gasteiger partial charge in [-0.05, 0) is 60.5 Å². The first kappa shape index (κ1) is 24.6. The Morgan fingerprint density at radius 2 is 1.86 bits per heavy atom. The molecule has 3 aromatic rings. The summed E-state index contributed by atoms with van der Waals surface area (Å²) in [5.74, 6) is 0.187. The lowest BCUT2D eigenvalue weighted by molar-refractivity contribution is -0.123. The number of benzene rings is 3. The Morgan fingerprint density at radius 3 is 2.73 bits per heavy atom. The van der Waals surface area contributed by atoms with Crippen molar-refractivity contribution in [2.24, 2.45) is 0 Å². The van der Waals surface area contributed by atoms with Crippen LogP contribution in [0.2, 0.25) is 0 Å². The highest BCUT2D eigenvalue weighted by Gasteiger charge is 2.29. The van der Waals surface area contributed by atoms with Gasteiger partial charge in [0.2, 0.25) is 0 Å². The maximum atomic E-state index is 14.8. The minimum absolute atomic E-state index is 0.0621. The van der Waals surface area contributed by atoms with Gasteiger partial charge < -0.3 is 30.2 Å². The molecule has 3 heterocycles. The zero-order chi connectivity index (χ0) is 25.8. The highest BCUT2D eigenvalue weighted by Crippen LogP contribution is 2.28. The number of hydrogen-bond acceptors (Lipinski definition) is 6. The summed E-state index contributed by atoms with van der Waals surface area (Å²) in [5.41, 5.74) is 2.10. The fraction of sp³-hybridized carbons (Fsp3) is 0.286. The van der Waals surface area contributed by atoms with Gasteiger partial charge in [0.1, 0.15) is 29.2 Å². The van der Waals surface area contributed by atoms with E-state index in [4.69, 9.17) is 14.2 Å². The van der Waals surface area contributed by atoms with Gasteiger partial charge in [0.25, 0.3) is 11.8 Å². The summed E-state index contributed by atoms with van der Waals surface area (Å²) in [6.45, 7) is 1.29. The van der Waals surface area contributed by atoms with E-state index in [1.54, 1.807) is 43.5 Å². The van der Waals surface area contributed by atoms with Crippen LogP contribution in [0, 0.1) is 5.82 Å². The van der Waals surface area contributed by atoms with Crippen molar-refractivity contribution in [1.82, 2.24) is 16.0 Å². The molecule has 192 valence electrons. The van der Waals surface area contributed by atoms with Gasteiger partial charge in [0.15, 0.2) is 6.61 Å². The first-order chi connectivity index (χ1) is 18.0. The Labute approximate surface area is 214 Å². The third kappa shape index (κ3) is 5.67. The third-order valence-electron chi connectivity index (χ3n) is 6.51. The second kappa shape index (κ2) is 10.9. The molecule has 1 saturated heterocycles. The van der Waals surface area contributed by atoms with E-state index in [0.29, 0.717) is 35.8 Å². The molecular formula is C28H28FN3O5. The minimum Gasteiger partial charge on any atom is -0.496 e. The zero-order valence-electron chi connectivity index (χ0n) is 20.4. The number of rotatable bonds is 1. The Kier molecular flexibility index (Phi) is 7.23. The van der Waals surface area contributed by atoms with Gasteiger partial charge in [-0.2, -0.15) is 0 Å². The normalized spacial score (nSPS) is 19.9. The van der Waals surface area contributed by atoms with Crippen molar-refractivity contribution in [1.29, 1.82) is 0 Å². The molecule has 0 aromatic heterocycles. The number of amides is 2. The molecular weight excluding hydrogens is 477 g/mol. The summed E-state index contributed by atoms with van der Waals surface area (Å²) < 4.78 is 32.2. The van der Waals surface area contributed by atoms with Gasteiger partial charge in [-0.1, -0.05) is 18.2 Å². The van der Waals surface area contributed by atoms with E-state index in [1.807, 2.05) is 12.1 Å². The largest absolute Gasteiger partial charge is 0.496 e. The standard InChI is InChI=1S/C28H28FN3O5/c1-35-26-13-21-7-5-19(26)14-31-27(33)16-36-20-4-2-3-17(11-20)18-6-8-23(29)22(12-18)28(34)32-24-15-30-10-9-25(24)37-21/h2-8,11-13,24-25,30H,9-10,14-16H2,1H3,(H,31,33)(H,32,34)/t24-,25+/m1/s1. The van der Waals surface area contributed by atoms with Crippen LogP contribution in [-0.4, -0.2) is 50.8 Å². The van der Waals surface area contributed by atoms with E-state index >= 15 is 0 Å². The van der Waals surface area contributed by atoms with Crippen LogP contribution in [0.3, 0.4) is 0 Å².